The van der Waals surface area contributed by atoms with Crippen LogP contribution in [0.15, 0.2) is 0 Å². The lowest BCUT2D eigenvalue weighted by Crippen LogP contribution is -2.33. The Hall–Kier alpha value is -0.130. The van der Waals surface area contributed by atoms with Crippen LogP contribution in [0.2, 0.25) is 0 Å². The fraction of sp³-hybridized carbons (Fsp3) is 1.00. The first kappa shape index (κ1) is 12.9. The minimum absolute atomic E-state index is 0.150. The molecule has 0 aromatic heterocycles. The van der Waals surface area contributed by atoms with Gasteiger partial charge in [-0.3, -0.25) is 0 Å². The molecule has 2 N–H and O–H groups in total. The number of nitrogens with one attached hydrogen (secondary N) is 2. The number of rotatable bonds is 7. The fourth-order valence-electron chi connectivity index (χ4n) is 0.788. The van der Waals surface area contributed by atoms with Crippen LogP contribution in [0.3, 0.4) is 0 Å². The zero-order valence-corrected chi connectivity index (χ0v) is 9.45. The summed E-state index contributed by atoms with van der Waals surface area (Å²) in [6.45, 7) is 7.95. The summed E-state index contributed by atoms with van der Waals surface area (Å²) in [7, 11) is -3.01. The van der Waals surface area contributed by atoms with Gasteiger partial charge in [0.05, 0.1) is 5.75 Å². The molecule has 0 aliphatic carbocycles. The molecular weight excluding hydrogens is 188 g/mol. The van der Waals surface area contributed by atoms with Gasteiger partial charge in [0, 0.05) is 13.1 Å². The van der Waals surface area contributed by atoms with E-state index in [2.05, 4.69) is 23.9 Å². The van der Waals surface area contributed by atoms with Crippen LogP contribution in [0.25, 0.3) is 0 Å². The Morgan fingerprint density at radius 2 is 1.85 bits per heavy atom. The van der Waals surface area contributed by atoms with Gasteiger partial charge in [0.1, 0.15) is 0 Å². The summed E-state index contributed by atoms with van der Waals surface area (Å²) in [6.07, 6.45) is 0. The molecule has 0 aromatic rings. The van der Waals surface area contributed by atoms with E-state index in [-0.39, 0.29) is 5.75 Å². The number of sulfonamides is 1. The molecule has 80 valence electrons. The molecule has 5 heteroatoms. The summed E-state index contributed by atoms with van der Waals surface area (Å²) in [4.78, 5) is 0. The molecular formula is C8H20N2O2S. The summed E-state index contributed by atoms with van der Waals surface area (Å²) in [5, 5.41) is 3.15. The molecule has 0 heterocycles. The van der Waals surface area contributed by atoms with Crippen LogP contribution >= 0.6 is 0 Å². The summed E-state index contributed by atoms with van der Waals surface area (Å²) < 4.78 is 24.4. The highest BCUT2D eigenvalue weighted by Crippen LogP contribution is 1.86. The summed E-state index contributed by atoms with van der Waals surface area (Å²) in [6, 6.07) is 0. The van der Waals surface area contributed by atoms with Crippen LogP contribution in [0.1, 0.15) is 20.8 Å². The van der Waals surface area contributed by atoms with Gasteiger partial charge in [-0.1, -0.05) is 13.8 Å². The van der Waals surface area contributed by atoms with Crippen LogP contribution in [-0.4, -0.2) is 33.8 Å². The molecule has 0 unspecified atom stereocenters. The molecule has 13 heavy (non-hydrogen) atoms. The standard InChI is InChI=1S/C8H20N2O2S/c1-4-13(11,12)10-6-5-9-7-8(2)3/h8-10H,4-7H2,1-3H3. The van der Waals surface area contributed by atoms with Crippen molar-refractivity contribution in [3.8, 4) is 0 Å². The zero-order valence-electron chi connectivity index (χ0n) is 8.63. The van der Waals surface area contributed by atoms with Crippen molar-refractivity contribution in [2.45, 2.75) is 20.8 Å². The van der Waals surface area contributed by atoms with Gasteiger partial charge in [0.15, 0.2) is 0 Å². The maximum atomic E-state index is 11.0. The molecule has 4 nitrogen and oxygen atoms in total. The van der Waals surface area contributed by atoms with Crippen molar-refractivity contribution in [2.24, 2.45) is 5.92 Å². The highest BCUT2D eigenvalue weighted by Gasteiger charge is 2.03. The van der Waals surface area contributed by atoms with E-state index in [9.17, 15) is 8.42 Å². The SMILES string of the molecule is CCS(=O)(=O)NCCNCC(C)C. The van der Waals surface area contributed by atoms with E-state index in [0.29, 0.717) is 19.0 Å². The van der Waals surface area contributed by atoms with Crippen molar-refractivity contribution in [1.29, 1.82) is 0 Å². The quantitative estimate of drug-likeness (QED) is 0.586. The summed E-state index contributed by atoms with van der Waals surface area (Å²) >= 11 is 0. The predicted octanol–water partition coefficient (Wildman–Crippen LogP) is 0.171. The topological polar surface area (TPSA) is 58.2 Å². The highest BCUT2D eigenvalue weighted by atomic mass is 32.2. The molecule has 0 aliphatic rings. The van der Waals surface area contributed by atoms with Gasteiger partial charge in [0.2, 0.25) is 10.0 Å². The van der Waals surface area contributed by atoms with Crippen molar-refractivity contribution >= 4 is 10.0 Å². The zero-order chi connectivity index (χ0) is 10.3. The average Bonchev–Trinajstić information content (AvgIpc) is 2.03. The van der Waals surface area contributed by atoms with E-state index in [4.69, 9.17) is 0 Å². The van der Waals surface area contributed by atoms with Gasteiger partial charge in [-0.2, -0.15) is 0 Å². The van der Waals surface area contributed by atoms with E-state index in [1.807, 2.05) is 0 Å². The lowest BCUT2D eigenvalue weighted by molar-refractivity contribution is 0.544. The first-order chi connectivity index (χ1) is 5.98. The minimum atomic E-state index is -3.01. The van der Waals surface area contributed by atoms with E-state index in [1.165, 1.54) is 0 Å². The lowest BCUT2D eigenvalue weighted by atomic mass is 10.2. The molecule has 0 radical (unpaired) electrons. The molecule has 0 spiro atoms. The Morgan fingerprint density at radius 1 is 1.23 bits per heavy atom. The van der Waals surface area contributed by atoms with Crippen molar-refractivity contribution in [1.82, 2.24) is 10.0 Å². The minimum Gasteiger partial charge on any atom is -0.315 e. The average molecular weight is 208 g/mol. The molecule has 0 saturated carbocycles. The molecule has 0 fully saturated rings. The van der Waals surface area contributed by atoms with Crippen LogP contribution in [0.5, 0.6) is 0 Å². The van der Waals surface area contributed by atoms with Crippen LogP contribution in [0, 0.1) is 5.92 Å². The predicted molar refractivity (Wildman–Crippen MR) is 55.2 cm³/mol. The monoisotopic (exact) mass is 208 g/mol. The lowest BCUT2D eigenvalue weighted by Gasteiger charge is -2.07. The molecule has 0 atom stereocenters. The van der Waals surface area contributed by atoms with Crippen LogP contribution in [0.4, 0.5) is 0 Å². The van der Waals surface area contributed by atoms with Gasteiger partial charge in [-0.15, -0.1) is 0 Å². The van der Waals surface area contributed by atoms with E-state index >= 15 is 0 Å². The largest absolute Gasteiger partial charge is 0.315 e. The van der Waals surface area contributed by atoms with Gasteiger partial charge in [-0.25, -0.2) is 13.1 Å². The molecule has 0 rings (SSSR count). The van der Waals surface area contributed by atoms with Crippen molar-refractivity contribution < 1.29 is 8.42 Å². The van der Waals surface area contributed by atoms with Crippen LogP contribution in [-0.2, 0) is 10.0 Å². The Bertz CT molecular complexity index is 212. The molecule has 0 saturated heterocycles. The Labute approximate surface area is 81.2 Å². The van der Waals surface area contributed by atoms with Gasteiger partial charge in [-0.05, 0) is 19.4 Å². The second kappa shape index (κ2) is 6.34. The highest BCUT2D eigenvalue weighted by molar-refractivity contribution is 7.89. The molecule has 0 amide bonds. The van der Waals surface area contributed by atoms with Gasteiger partial charge >= 0.3 is 0 Å². The molecule has 0 aliphatic heterocycles. The Morgan fingerprint density at radius 3 is 2.31 bits per heavy atom. The van der Waals surface area contributed by atoms with E-state index in [1.54, 1.807) is 6.92 Å². The van der Waals surface area contributed by atoms with Gasteiger partial charge in [0.25, 0.3) is 0 Å². The molecule has 0 aromatic carbocycles. The third kappa shape index (κ3) is 8.21. The maximum Gasteiger partial charge on any atom is 0.211 e. The second-order valence-electron chi connectivity index (χ2n) is 3.40. The Kier molecular flexibility index (Phi) is 6.28. The van der Waals surface area contributed by atoms with E-state index in [0.717, 1.165) is 6.54 Å². The number of hydrogen-bond acceptors (Lipinski definition) is 3. The van der Waals surface area contributed by atoms with E-state index < -0.39 is 10.0 Å². The third-order valence-corrected chi connectivity index (χ3v) is 2.96. The van der Waals surface area contributed by atoms with Gasteiger partial charge < -0.3 is 5.32 Å². The summed E-state index contributed by atoms with van der Waals surface area (Å²) in [5.74, 6) is 0.750. The number of hydrogen-bond donors (Lipinski definition) is 2. The first-order valence-corrected chi connectivity index (χ1v) is 6.31. The Balaban J connectivity index is 3.37. The van der Waals surface area contributed by atoms with Crippen molar-refractivity contribution in [3.63, 3.8) is 0 Å². The normalized spacial score (nSPS) is 12.3. The fourth-order valence-corrected chi connectivity index (χ4v) is 1.40. The maximum absolute atomic E-state index is 11.0. The van der Waals surface area contributed by atoms with Crippen LogP contribution < -0.4 is 10.0 Å². The molecule has 0 bridgehead atoms. The first-order valence-electron chi connectivity index (χ1n) is 4.66. The smallest absolute Gasteiger partial charge is 0.211 e. The van der Waals surface area contributed by atoms with Crippen molar-refractivity contribution in [2.75, 3.05) is 25.4 Å². The van der Waals surface area contributed by atoms with Crippen molar-refractivity contribution in [3.05, 3.63) is 0 Å². The summed E-state index contributed by atoms with van der Waals surface area (Å²) in [5.41, 5.74) is 0. The third-order valence-electron chi connectivity index (χ3n) is 1.56. The second-order valence-corrected chi connectivity index (χ2v) is 5.49.